The van der Waals surface area contributed by atoms with Crippen LogP contribution in [-0.2, 0) is 6.54 Å². The Morgan fingerprint density at radius 1 is 1.06 bits per heavy atom. The van der Waals surface area contributed by atoms with E-state index in [9.17, 15) is 18.4 Å². The van der Waals surface area contributed by atoms with E-state index in [1.54, 1.807) is 30.3 Å². The Kier molecular flexibility index (Phi) is 4.92. The van der Waals surface area contributed by atoms with Crippen molar-refractivity contribution in [3.05, 3.63) is 65.0 Å². The number of hydrogen-bond acceptors (Lipinski definition) is 3. The second-order valence-electron chi connectivity index (χ2n) is 8.26. The van der Waals surface area contributed by atoms with E-state index in [2.05, 4.69) is 15.3 Å². The molecule has 6 nitrogen and oxygen atoms in total. The standard InChI is InChI=1S/C23H22F2N4O2/c24-20(25)21-27-18-10-5-15(11-19(18)28-21)23(31)29(17-8-9-17)12-13-1-3-14(4-2-13)22(30)26-16-6-7-16/h1-5,10-11,16-17,20H,6-9,12H2,(H,26,30)(H,27,28). The number of H-pyrrole nitrogens is 1. The lowest BCUT2D eigenvalue weighted by molar-refractivity contribution is 0.0729. The highest BCUT2D eigenvalue weighted by molar-refractivity contribution is 5.98. The van der Waals surface area contributed by atoms with E-state index in [1.807, 2.05) is 17.0 Å². The van der Waals surface area contributed by atoms with Crippen LogP contribution in [0.15, 0.2) is 42.5 Å². The fourth-order valence-corrected chi connectivity index (χ4v) is 3.64. The largest absolute Gasteiger partial charge is 0.349 e. The summed E-state index contributed by atoms with van der Waals surface area (Å²) in [5.74, 6) is -0.613. The van der Waals surface area contributed by atoms with Crippen molar-refractivity contribution in [3.8, 4) is 0 Å². The Hall–Kier alpha value is -3.29. The number of hydrogen-bond donors (Lipinski definition) is 2. The molecule has 2 fully saturated rings. The molecule has 2 aliphatic rings. The molecule has 0 spiro atoms. The molecule has 0 unspecified atom stereocenters. The molecule has 1 aromatic heterocycles. The average molecular weight is 424 g/mol. The molecule has 0 atom stereocenters. The fraction of sp³-hybridized carbons (Fsp3) is 0.348. The van der Waals surface area contributed by atoms with Gasteiger partial charge in [0.15, 0.2) is 5.82 Å². The second-order valence-corrected chi connectivity index (χ2v) is 8.26. The number of fused-ring (bicyclic) bond motifs is 1. The smallest absolute Gasteiger partial charge is 0.295 e. The van der Waals surface area contributed by atoms with Crippen LogP contribution in [0.1, 0.15) is 64.2 Å². The van der Waals surface area contributed by atoms with E-state index >= 15 is 0 Å². The summed E-state index contributed by atoms with van der Waals surface area (Å²) >= 11 is 0. The molecule has 0 radical (unpaired) electrons. The van der Waals surface area contributed by atoms with Crippen LogP contribution in [0.3, 0.4) is 0 Å². The number of nitrogens with one attached hydrogen (secondary N) is 2. The number of carbonyl (C=O) groups excluding carboxylic acids is 2. The van der Waals surface area contributed by atoms with Gasteiger partial charge < -0.3 is 15.2 Å². The van der Waals surface area contributed by atoms with E-state index in [1.165, 1.54) is 0 Å². The molecule has 0 aliphatic heterocycles. The maximum absolute atomic E-state index is 13.2. The number of benzene rings is 2. The van der Waals surface area contributed by atoms with E-state index in [0.717, 1.165) is 31.2 Å². The van der Waals surface area contributed by atoms with Gasteiger partial charge in [0.25, 0.3) is 18.2 Å². The van der Waals surface area contributed by atoms with Crippen molar-refractivity contribution in [2.45, 2.75) is 50.7 Å². The van der Waals surface area contributed by atoms with Gasteiger partial charge >= 0.3 is 0 Å². The first-order valence-corrected chi connectivity index (χ1v) is 10.5. The minimum atomic E-state index is -2.69. The van der Waals surface area contributed by atoms with Gasteiger partial charge in [-0.2, -0.15) is 0 Å². The van der Waals surface area contributed by atoms with Gasteiger partial charge in [0, 0.05) is 29.8 Å². The zero-order valence-corrected chi connectivity index (χ0v) is 16.8. The van der Waals surface area contributed by atoms with Crippen LogP contribution < -0.4 is 5.32 Å². The van der Waals surface area contributed by atoms with Crippen LogP contribution in [0.4, 0.5) is 8.78 Å². The topological polar surface area (TPSA) is 78.1 Å². The number of nitrogens with zero attached hydrogens (tertiary/aromatic N) is 2. The van der Waals surface area contributed by atoms with Gasteiger partial charge in [0.05, 0.1) is 11.0 Å². The van der Waals surface area contributed by atoms with Crippen molar-refractivity contribution in [1.82, 2.24) is 20.2 Å². The predicted octanol–water partition coefficient (Wildman–Crippen LogP) is 4.20. The Labute approximate surface area is 177 Å². The summed E-state index contributed by atoms with van der Waals surface area (Å²) in [6, 6.07) is 12.6. The van der Waals surface area contributed by atoms with Crippen LogP contribution in [-0.4, -0.2) is 38.8 Å². The predicted molar refractivity (Wildman–Crippen MR) is 111 cm³/mol. The van der Waals surface area contributed by atoms with Crippen LogP contribution >= 0.6 is 0 Å². The summed E-state index contributed by atoms with van der Waals surface area (Å²) in [4.78, 5) is 33.6. The maximum atomic E-state index is 13.2. The molecule has 160 valence electrons. The lowest BCUT2D eigenvalue weighted by Gasteiger charge is -2.23. The number of amides is 2. The van der Waals surface area contributed by atoms with Crippen molar-refractivity contribution in [2.24, 2.45) is 0 Å². The van der Waals surface area contributed by atoms with E-state index < -0.39 is 12.2 Å². The number of aromatic nitrogens is 2. The zero-order valence-electron chi connectivity index (χ0n) is 16.8. The molecule has 2 aliphatic carbocycles. The lowest BCUT2D eigenvalue weighted by atomic mass is 10.1. The van der Waals surface area contributed by atoms with Crippen LogP contribution in [0.2, 0.25) is 0 Å². The summed E-state index contributed by atoms with van der Waals surface area (Å²) in [7, 11) is 0. The van der Waals surface area contributed by atoms with Crippen LogP contribution in [0.5, 0.6) is 0 Å². The van der Waals surface area contributed by atoms with Gasteiger partial charge in [-0.15, -0.1) is 0 Å². The first-order chi connectivity index (χ1) is 15.0. The number of carbonyl (C=O) groups is 2. The third-order valence-electron chi connectivity index (χ3n) is 5.68. The van der Waals surface area contributed by atoms with Gasteiger partial charge in [-0.25, -0.2) is 13.8 Å². The van der Waals surface area contributed by atoms with Gasteiger partial charge in [-0.05, 0) is 61.6 Å². The molecule has 1 heterocycles. The van der Waals surface area contributed by atoms with E-state index in [-0.39, 0.29) is 17.9 Å². The highest BCUT2D eigenvalue weighted by atomic mass is 19.3. The van der Waals surface area contributed by atoms with E-state index in [4.69, 9.17) is 0 Å². The number of aromatic amines is 1. The minimum absolute atomic E-state index is 0.0693. The fourth-order valence-electron chi connectivity index (χ4n) is 3.64. The minimum Gasteiger partial charge on any atom is -0.349 e. The number of halogens is 2. The van der Waals surface area contributed by atoms with Gasteiger partial charge in [-0.3, -0.25) is 9.59 Å². The zero-order chi connectivity index (χ0) is 21.5. The summed E-state index contributed by atoms with van der Waals surface area (Å²) in [6.45, 7) is 0.428. The number of rotatable bonds is 7. The molecule has 2 aromatic carbocycles. The molecule has 2 amide bonds. The number of imidazole rings is 1. The summed E-state index contributed by atoms with van der Waals surface area (Å²) in [6.07, 6.45) is 1.26. The van der Waals surface area contributed by atoms with Gasteiger partial charge in [0.2, 0.25) is 0 Å². The molecule has 0 bridgehead atoms. The van der Waals surface area contributed by atoms with Crippen molar-refractivity contribution >= 4 is 22.8 Å². The Morgan fingerprint density at radius 2 is 1.77 bits per heavy atom. The normalized spacial score (nSPS) is 16.0. The van der Waals surface area contributed by atoms with Gasteiger partial charge in [0.1, 0.15) is 0 Å². The third kappa shape index (κ3) is 4.28. The molecule has 8 heteroatoms. The quantitative estimate of drug-likeness (QED) is 0.597. The van der Waals surface area contributed by atoms with Crippen molar-refractivity contribution in [3.63, 3.8) is 0 Å². The molecule has 5 rings (SSSR count). The Morgan fingerprint density at radius 3 is 2.42 bits per heavy atom. The van der Waals surface area contributed by atoms with E-state index in [0.29, 0.717) is 34.7 Å². The van der Waals surface area contributed by atoms with Crippen molar-refractivity contribution in [1.29, 1.82) is 0 Å². The molecule has 2 saturated carbocycles. The van der Waals surface area contributed by atoms with Crippen LogP contribution in [0, 0.1) is 0 Å². The van der Waals surface area contributed by atoms with Gasteiger partial charge in [-0.1, -0.05) is 12.1 Å². The number of alkyl halides is 2. The first-order valence-electron chi connectivity index (χ1n) is 10.5. The highest BCUT2D eigenvalue weighted by Gasteiger charge is 2.33. The molecular weight excluding hydrogens is 402 g/mol. The molecular formula is C23H22F2N4O2. The summed E-state index contributed by atoms with van der Waals surface area (Å²) in [5, 5.41) is 2.96. The van der Waals surface area contributed by atoms with Crippen molar-refractivity contribution < 1.29 is 18.4 Å². The Balaban J connectivity index is 1.33. The SMILES string of the molecule is O=C(NC1CC1)c1ccc(CN(C(=O)c2ccc3nc(C(F)F)[nH]c3c2)C2CC2)cc1. The van der Waals surface area contributed by atoms with Crippen molar-refractivity contribution in [2.75, 3.05) is 0 Å². The van der Waals surface area contributed by atoms with Crippen LogP contribution in [0.25, 0.3) is 11.0 Å². The first kappa shape index (κ1) is 19.7. The Bertz CT molecular complexity index is 1130. The molecule has 0 saturated heterocycles. The summed E-state index contributed by atoms with van der Waals surface area (Å²) in [5.41, 5.74) is 2.81. The average Bonchev–Trinajstić information content (AvgIpc) is 3.70. The second kappa shape index (κ2) is 7.76. The summed E-state index contributed by atoms with van der Waals surface area (Å²) < 4.78 is 25.8. The molecule has 31 heavy (non-hydrogen) atoms. The maximum Gasteiger partial charge on any atom is 0.295 e. The lowest BCUT2D eigenvalue weighted by Crippen LogP contribution is -2.32. The molecule has 3 aromatic rings. The monoisotopic (exact) mass is 424 g/mol. The molecule has 2 N–H and O–H groups in total. The highest BCUT2D eigenvalue weighted by Crippen LogP contribution is 2.31. The third-order valence-corrected chi connectivity index (χ3v) is 5.68.